The molecule has 0 aliphatic heterocycles. The van der Waals surface area contributed by atoms with E-state index in [1.165, 1.54) is 0 Å². The summed E-state index contributed by atoms with van der Waals surface area (Å²) in [6.45, 7) is 0. The van der Waals surface area contributed by atoms with Crippen molar-refractivity contribution >= 4 is 69.9 Å². The van der Waals surface area contributed by atoms with E-state index in [1.54, 1.807) is 12.1 Å². The van der Waals surface area contributed by atoms with Gasteiger partial charge in [-0.25, -0.2) is 0 Å². The van der Waals surface area contributed by atoms with Crippen LogP contribution in [0, 0.1) is 0 Å². The second-order valence-corrected chi connectivity index (χ2v) is 2.53. The molecule has 0 aliphatic rings. The predicted molar refractivity (Wildman–Crippen MR) is 59.9 cm³/mol. The summed E-state index contributed by atoms with van der Waals surface area (Å²) in [4.78, 5) is 0. The van der Waals surface area contributed by atoms with Gasteiger partial charge in [-0.1, -0.05) is 30.3 Å². The zero-order chi connectivity index (χ0) is 7.68. The summed E-state index contributed by atoms with van der Waals surface area (Å²) in [7, 11) is 0. The average Bonchev–Trinajstić information content (AvgIpc) is 2.04. The second kappa shape index (κ2) is 6.07. The van der Waals surface area contributed by atoms with Crippen LogP contribution >= 0.6 is 0 Å². The van der Waals surface area contributed by atoms with Crippen molar-refractivity contribution in [1.29, 1.82) is 0 Å². The van der Waals surface area contributed by atoms with Crippen molar-refractivity contribution < 1.29 is 5.11 Å². The molecule has 2 rings (SSSR count). The summed E-state index contributed by atoms with van der Waals surface area (Å²) >= 11 is 0. The molecule has 0 amide bonds. The molecule has 1 N–H and O–H groups in total. The van der Waals surface area contributed by atoms with Crippen LogP contribution in [0.5, 0.6) is 5.75 Å². The van der Waals surface area contributed by atoms with Crippen LogP contribution in [0.15, 0.2) is 42.5 Å². The third-order valence-corrected chi connectivity index (χ3v) is 1.73. The molecule has 0 unspecified atom stereocenters. The SMILES string of the molecule is Oc1ccc2ccccc2c1.[NaH].[NaH]. The van der Waals surface area contributed by atoms with Gasteiger partial charge in [-0.05, 0) is 22.9 Å². The van der Waals surface area contributed by atoms with E-state index in [1.807, 2.05) is 30.3 Å². The molecule has 1 nitrogen and oxygen atoms in total. The van der Waals surface area contributed by atoms with Crippen molar-refractivity contribution in [1.82, 2.24) is 0 Å². The Bertz CT molecular complexity index is 387. The Morgan fingerprint density at radius 3 is 2.08 bits per heavy atom. The monoisotopic (exact) mass is 192 g/mol. The number of aromatic hydroxyl groups is 1. The van der Waals surface area contributed by atoms with Gasteiger partial charge < -0.3 is 5.11 Å². The first kappa shape index (κ1) is 13.5. The number of phenols is 1. The second-order valence-electron chi connectivity index (χ2n) is 2.53. The fraction of sp³-hybridized carbons (Fsp3) is 0. The summed E-state index contributed by atoms with van der Waals surface area (Å²) in [6.07, 6.45) is 0. The Hall–Kier alpha value is 0.500. The number of fused-ring (bicyclic) bond motifs is 1. The molecule has 2 aromatic carbocycles. The molecule has 58 valence electrons. The molecule has 0 saturated heterocycles. The van der Waals surface area contributed by atoms with Gasteiger partial charge >= 0.3 is 59.1 Å². The molecular formula is C10H10Na2O. The molecule has 0 radical (unpaired) electrons. The Kier molecular flexibility index (Phi) is 6.31. The maximum atomic E-state index is 9.13. The molecule has 0 aliphatic carbocycles. The van der Waals surface area contributed by atoms with E-state index in [9.17, 15) is 0 Å². The fourth-order valence-corrected chi connectivity index (χ4v) is 1.18. The summed E-state index contributed by atoms with van der Waals surface area (Å²) in [6, 6.07) is 13.3. The number of hydrogen-bond donors (Lipinski definition) is 1. The normalized spacial score (nSPS) is 8.62. The van der Waals surface area contributed by atoms with Gasteiger partial charge in [0.25, 0.3) is 0 Å². The predicted octanol–water partition coefficient (Wildman–Crippen LogP) is 1.25. The van der Waals surface area contributed by atoms with Crippen molar-refractivity contribution in [3.63, 3.8) is 0 Å². The van der Waals surface area contributed by atoms with E-state index in [2.05, 4.69) is 0 Å². The van der Waals surface area contributed by atoms with Gasteiger partial charge in [0.15, 0.2) is 0 Å². The molecule has 3 heteroatoms. The third-order valence-electron chi connectivity index (χ3n) is 1.73. The molecule has 0 aromatic heterocycles. The van der Waals surface area contributed by atoms with Crippen molar-refractivity contribution in [2.24, 2.45) is 0 Å². The average molecular weight is 192 g/mol. The maximum absolute atomic E-state index is 9.13. The standard InChI is InChI=1S/C10H8O.2Na.2H/c11-10-6-5-8-3-1-2-4-9(8)7-10;;;;/h1-7,11H;;;;. The van der Waals surface area contributed by atoms with Gasteiger partial charge in [-0.3, -0.25) is 0 Å². The molecule has 0 atom stereocenters. The Morgan fingerprint density at radius 1 is 0.769 bits per heavy atom. The van der Waals surface area contributed by atoms with Gasteiger partial charge in [-0.15, -0.1) is 0 Å². The van der Waals surface area contributed by atoms with Crippen LogP contribution in [0.25, 0.3) is 10.8 Å². The molecule has 0 spiro atoms. The van der Waals surface area contributed by atoms with E-state index in [0.717, 1.165) is 10.8 Å². The number of phenolic OH excluding ortho intramolecular Hbond substituents is 1. The molecule has 0 bridgehead atoms. The zero-order valence-corrected chi connectivity index (χ0v) is 5.99. The topological polar surface area (TPSA) is 20.2 Å². The van der Waals surface area contributed by atoms with E-state index < -0.39 is 0 Å². The molecular weight excluding hydrogens is 182 g/mol. The summed E-state index contributed by atoms with van der Waals surface area (Å²) < 4.78 is 0. The Labute approximate surface area is 122 Å². The number of hydrogen-bond acceptors (Lipinski definition) is 1. The first-order chi connectivity index (χ1) is 5.36. The first-order valence-corrected chi connectivity index (χ1v) is 3.54. The summed E-state index contributed by atoms with van der Waals surface area (Å²) in [5.41, 5.74) is 0. The molecule has 0 saturated carbocycles. The molecule has 0 heterocycles. The van der Waals surface area contributed by atoms with E-state index in [0.29, 0.717) is 5.75 Å². The number of rotatable bonds is 0. The van der Waals surface area contributed by atoms with E-state index in [4.69, 9.17) is 5.11 Å². The molecule has 13 heavy (non-hydrogen) atoms. The first-order valence-electron chi connectivity index (χ1n) is 3.54. The van der Waals surface area contributed by atoms with Gasteiger partial charge in [-0.2, -0.15) is 0 Å². The van der Waals surface area contributed by atoms with E-state index in [-0.39, 0.29) is 59.1 Å². The Balaban J connectivity index is 0.000000720. The van der Waals surface area contributed by atoms with Gasteiger partial charge in [0.1, 0.15) is 5.75 Å². The van der Waals surface area contributed by atoms with Crippen LogP contribution in [-0.4, -0.2) is 64.2 Å². The summed E-state index contributed by atoms with van der Waals surface area (Å²) in [5, 5.41) is 11.4. The van der Waals surface area contributed by atoms with E-state index >= 15 is 0 Å². The number of benzene rings is 2. The minimum absolute atomic E-state index is 0. The van der Waals surface area contributed by atoms with Crippen molar-refractivity contribution in [2.45, 2.75) is 0 Å². The molecule has 0 fully saturated rings. The van der Waals surface area contributed by atoms with Crippen molar-refractivity contribution in [2.75, 3.05) is 0 Å². The minimum atomic E-state index is 0. The van der Waals surface area contributed by atoms with Crippen molar-refractivity contribution in [3.8, 4) is 5.75 Å². The van der Waals surface area contributed by atoms with Crippen LogP contribution in [0.3, 0.4) is 0 Å². The fourth-order valence-electron chi connectivity index (χ4n) is 1.18. The van der Waals surface area contributed by atoms with Gasteiger partial charge in [0.2, 0.25) is 0 Å². The van der Waals surface area contributed by atoms with Crippen LogP contribution in [-0.2, 0) is 0 Å². The van der Waals surface area contributed by atoms with Gasteiger partial charge in [0.05, 0.1) is 0 Å². The van der Waals surface area contributed by atoms with Crippen LogP contribution in [0.4, 0.5) is 0 Å². The Morgan fingerprint density at radius 2 is 1.38 bits per heavy atom. The quantitative estimate of drug-likeness (QED) is 0.623. The molecule has 2 aromatic rings. The van der Waals surface area contributed by atoms with Crippen LogP contribution in [0.1, 0.15) is 0 Å². The van der Waals surface area contributed by atoms with Gasteiger partial charge in [0, 0.05) is 0 Å². The summed E-state index contributed by atoms with van der Waals surface area (Å²) in [5.74, 6) is 0.323. The van der Waals surface area contributed by atoms with Crippen molar-refractivity contribution in [3.05, 3.63) is 42.5 Å². The third kappa shape index (κ3) is 3.28. The van der Waals surface area contributed by atoms with Crippen LogP contribution < -0.4 is 0 Å². The van der Waals surface area contributed by atoms with Crippen LogP contribution in [0.2, 0.25) is 0 Å². The zero-order valence-electron chi connectivity index (χ0n) is 5.99.